The summed E-state index contributed by atoms with van der Waals surface area (Å²) in [5.74, 6) is 2.09. The van der Waals surface area contributed by atoms with E-state index in [9.17, 15) is 4.79 Å². The van der Waals surface area contributed by atoms with E-state index in [-0.39, 0.29) is 5.91 Å². The van der Waals surface area contributed by atoms with Gasteiger partial charge in [0.25, 0.3) is 0 Å². The molecule has 25 heavy (non-hydrogen) atoms. The van der Waals surface area contributed by atoms with Crippen LogP contribution < -0.4 is 10.6 Å². The number of imidazole rings is 1. The van der Waals surface area contributed by atoms with Gasteiger partial charge in [0.1, 0.15) is 11.6 Å². The lowest BCUT2D eigenvalue weighted by molar-refractivity contribution is -0.121. The first-order valence-corrected chi connectivity index (χ1v) is 8.90. The summed E-state index contributed by atoms with van der Waals surface area (Å²) in [6.45, 7) is 4.43. The molecule has 1 aliphatic rings. The summed E-state index contributed by atoms with van der Waals surface area (Å²) in [7, 11) is 1.92. The summed E-state index contributed by atoms with van der Waals surface area (Å²) in [5.41, 5.74) is 2.04. The van der Waals surface area contributed by atoms with Crippen molar-refractivity contribution >= 4 is 5.91 Å². The number of nitrogens with one attached hydrogen (secondary N) is 2. The quantitative estimate of drug-likeness (QED) is 0.825. The first-order chi connectivity index (χ1) is 12.1. The average molecular weight is 342 g/mol. The highest BCUT2D eigenvalue weighted by Gasteiger charge is 2.18. The summed E-state index contributed by atoms with van der Waals surface area (Å²) in [4.78, 5) is 25.4. The van der Waals surface area contributed by atoms with Gasteiger partial charge in [0, 0.05) is 49.7 Å². The van der Waals surface area contributed by atoms with E-state index < -0.39 is 0 Å². The van der Waals surface area contributed by atoms with Crippen molar-refractivity contribution in [1.29, 1.82) is 0 Å². The lowest BCUT2D eigenvalue weighted by atomic mass is 9.95. The molecule has 1 atom stereocenters. The van der Waals surface area contributed by atoms with Crippen LogP contribution in [0.1, 0.15) is 48.2 Å². The monoisotopic (exact) mass is 342 g/mol. The lowest BCUT2D eigenvalue weighted by Crippen LogP contribution is -2.29. The molecular formula is C18H26N6O. The Bertz CT molecular complexity index is 720. The molecule has 3 heterocycles. The smallest absolute Gasteiger partial charge is 0.220 e. The van der Waals surface area contributed by atoms with Crippen molar-refractivity contribution in [3.8, 4) is 0 Å². The van der Waals surface area contributed by atoms with Gasteiger partial charge in [-0.3, -0.25) is 4.79 Å². The zero-order valence-corrected chi connectivity index (χ0v) is 15.0. The van der Waals surface area contributed by atoms with Crippen LogP contribution in [0.15, 0.2) is 18.5 Å². The van der Waals surface area contributed by atoms with Crippen LogP contribution in [-0.2, 0) is 24.8 Å². The molecule has 1 unspecified atom stereocenters. The first-order valence-electron chi connectivity index (χ1n) is 8.90. The molecule has 0 saturated carbocycles. The van der Waals surface area contributed by atoms with Crippen LogP contribution in [0.3, 0.4) is 0 Å². The largest absolute Gasteiger partial charge is 0.349 e. The van der Waals surface area contributed by atoms with E-state index in [0.29, 0.717) is 25.3 Å². The number of piperidine rings is 1. The third-order valence-electron chi connectivity index (χ3n) is 4.60. The molecule has 1 aliphatic heterocycles. The molecule has 0 spiro atoms. The zero-order chi connectivity index (χ0) is 17.6. The Kier molecular flexibility index (Phi) is 5.75. The van der Waals surface area contributed by atoms with E-state index in [1.807, 2.05) is 24.7 Å². The summed E-state index contributed by atoms with van der Waals surface area (Å²) in [6.07, 6.45) is 6.98. The summed E-state index contributed by atoms with van der Waals surface area (Å²) in [5, 5.41) is 6.34. The Hall–Kier alpha value is -2.28. The lowest BCUT2D eigenvalue weighted by Gasteiger charge is -2.22. The van der Waals surface area contributed by atoms with Gasteiger partial charge < -0.3 is 15.2 Å². The minimum atomic E-state index is 0.0140. The van der Waals surface area contributed by atoms with Crippen LogP contribution in [0, 0.1) is 6.92 Å². The minimum absolute atomic E-state index is 0.0140. The van der Waals surface area contributed by atoms with E-state index in [1.54, 1.807) is 6.20 Å². The molecule has 0 aliphatic carbocycles. The van der Waals surface area contributed by atoms with E-state index in [2.05, 4.69) is 31.7 Å². The van der Waals surface area contributed by atoms with Gasteiger partial charge in [-0.15, -0.1) is 0 Å². The number of aryl methyl sites for hydroxylation is 3. The first kappa shape index (κ1) is 17.5. The van der Waals surface area contributed by atoms with Gasteiger partial charge in [-0.1, -0.05) is 0 Å². The number of hydrogen-bond acceptors (Lipinski definition) is 5. The van der Waals surface area contributed by atoms with Gasteiger partial charge in [-0.2, -0.15) is 0 Å². The molecule has 2 aromatic rings. The topological polar surface area (TPSA) is 84.7 Å². The molecule has 2 aromatic heterocycles. The van der Waals surface area contributed by atoms with E-state index in [0.717, 1.165) is 42.5 Å². The molecule has 0 aromatic carbocycles. The standard InChI is InChI=1S/C18H26N6O/c1-13-22-15(10-16(23-13)14-4-3-7-19-11-14)5-6-18(25)21-12-17-20-8-9-24(17)2/h8-10,14,19H,3-7,11-12H2,1-2H3,(H,21,25). The maximum absolute atomic E-state index is 12.1. The van der Waals surface area contributed by atoms with E-state index in [1.165, 1.54) is 6.42 Å². The minimum Gasteiger partial charge on any atom is -0.349 e. The fraction of sp³-hybridized carbons (Fsp3) is 0.556. The second-order valence-corrected chi connectivity index (χ2v) is 6.61. The Morgan fingerprint density at radius 3 is 3.04 bits per heavy atom. The molecule has 7 nitrogen and oxygen atoms in total. The number of carbonyl (C=O) groups excluding carboxylic acids is 1. The molecule has 134 valence electrons. The second kappa shape index (κ2) is 8.20. The third-order valence-corrected chi connectivity index (χ3v) is 4.60. The predicted octanol–water partition coefficient (Wildman–Crippen LogP) is 1.23. The molecule has 1 amide bonds. The maximum atomic E-state index is 12.1. The molecule has 7 heteroatoms. The molecule has 1 saturated heterocycles. The SMILES string of the molecule is Cc1nc(CCC(=O)NCc2nccn2C)cc(C2CCCNC2)n1. The number of rotatable bonds is 6. The van der Waals surface area contributed by atoms with Crippen molar-refractivity contribution in [2.75, 3.05) is 13.1 Å². The van der Waals surface area contributed by atoms with Crippen molar-refractivity contribution in [3.05, 3.63) is 41.5 Å². The van der Waals surface area contributed by atoms with Gasteiger partial charge in [-0.25, -0.2) is 15.0 Å². The number of hydrogen-bond donors (Lipinski definition) is 2. The Morgan fingerprint density at radius 2 is 2.32 bits per heavy atom. The predicted molar refractivity (Wildman–Crippen MR) is 95.0 cm³/mol. The molecule has 0 bridgehead atoms. The van der Waals surface area contributed by atoms with Gasteiger partial charge in [0.2, 0.25) is 5.91 Å². The molecule has 3 rings (SSSR count). The van der Waals surface area contributed by atoms with Crippen molar-refractivity contribution in [2.24, 2.45) is 7.05 Å². The summed E-state index contributed by atoms with van der Waals surface area (Å²) >= 11 is 0. The van der Waals surface area contributed by atoms with Gasteiger partial charge in [0.15, 0.2) is 0 Å². The highest BCUT2D eigenvalue weighted by Crippen LogP contribution is 2.22. The average Bonchev–Trinajstić information content (AvgIpc) is 3.03. The maximum Gasteiger partial charge on any atom is 0.220 e. The van der Waals surface area contributed by atoms with Crippen molar-refractivity contribution in [3.63, 3.8) is 0 Å². The fourth-order valence-electron chi connectivity index (χ4n) is 3.17. The van der Waals surface area contributed by atoms with Crippen molar-refractivity contribution in [2.45, 2.75) is 45.1 Å². The molecular weight excluding hydrogens is 316 g/mol. The highest BCUT2D eigenvalue weighted by molar-refractivity contribution is 5.76. The molecule has 0 radical (unpaired) electrons. The van der Waals surface area contributed by atoms with Crippen molar-refractivity contribution in [1.82, 2.24) is 30.2 Å². The molecule has 2 N–H and O–H groups in total. The second-order valence-electron chi connectivity index (χ2n) is 6.61. The number of carbonyl (C=O) groups is 1. The zero-order valence-electron chi connectivity index (χ0n) is 15.0. The van der Waals surface area contributed by atoms with Crippen LogP contribution in [0.25, 0.3) is 0 Å². The highest BCUT2D eigenvalue weighted by atomic mass is 16.1. The molecule has 1 fully saturated rings. The Labute approximate surface area is 148 Å². The van der Waals surface area contributed by atoms with Gasteiger partial charge >= 0.3 is 0 Å². The number of nitrogens with zero attached hydrogens (tertiary/aromatic N) is 4. The normalized spacial score (nSPS) is 17.4. The Balaban J connectivity index is 1.54. The van der Waals surface area contributed by atoms with Crippen LogP contribution in [-0.4, -0.2) is 38.5 Å². The van der Waals surface area contributed by atoms with E-state index in [4.69, 9.17) is 0 Å². The van der Waals surface area contributed by atoms with Crippen LogP contribution in [0.4, 0.5) is 0 Å². The third kappa shape index (κ3) is 4.85. The number of amides is 1. The fourth-order valence-corrected chi connectivity index (χ4v) is 3.17. The van der Waals surface area contributed by atoms with Crippen LogP contribution >= 0.6 is 0 Å². The van der Waals surface area contributed by atoms with Crippen molar-refractivity contribution < 1.29 is 4.79 Å². The Morgan fingerprint density at radius 1 is 1.44 bits per heavy atom. The number of aromatic nitrogens is 4. The van der Waals surface area contributed by atoms with Gasteiger partial charge in [-0.05, 0) is 38.8 Å². The van der Waals surface area contributed by atoms with Gasteiger partial charge in [0.05, 0.1) is 6.54 Å². The summed E-state index contributed by atoms with van der Waals surface area (Å²) < 4.78 is 1.90. The summed E-state index contributed by atoms with van der Waals surface area (Å²) in [6, 6.07) is 2.07. The van der Waals surface area contributed by atoms with E-state index >= 15 is 0 Å². The van der Waals surface area contributed by atoms with Crippen LogP contribution in [0.5, 0.6) is 0 Å². The van der Waals surface area contributed by atoms with Crippen LogP contribution in [0.2, 0.25) is 0 Å².